The van der Waals surface area contributed by atoms with Gasteiger partial charge in [-0.05, 0) is 24.3 Å². The minimum absolute atomic E-state index is 0.118. The zero-order valence-corrected chi connectivity index (χ0v) is 17.4. The fourth-order valence-corrected chi connectivity index (χ4v) is 3.52. The number of benzene rings is 2. The molecule has 2 heterocycles. The lowest BCUT2D eigenvalue weighted by Gasteiger charge is -2.22. The van der Waals surface area contributed by atoms with E-state index in [4.69, 9.17) is 0 Å². The first-order chi connectivity index (χ1) is 14.9. The molecule has 0 saturated heterocycles. The van der Waals surface area contributed by atoms with Crippen molar-refractivity contribution in [3.8, 4) is 0 Å². The van der Waals surface area contributed by atoms with Crippen molar-refractivity contribution < 1.29 is 4.79 Å². The minimum Gasteiger partial charge on any atom is -0.343 e. The molecule has 4 aromatic rings. The number of imidazole rings is 1. The molecule has 4 rings (SSSR count). The average molecular weight is 418 g/mol. The summed E-state index contributed by atoms with van der Waals surface area (Å²) in [6.45, 7) is -0.118. The van der Waals surface area contributed by atoms with Gasteiger partial charge in [0, 0.05) is 26.8 Å². The molecular formula is C22H22N6O3. The van der Waals surface area contributed by atoms with Crippen LogP contribution in [0.15, 0.2) is 70.5 Å². The first-order valence-corrected chi connectivity index (χ1v) is 9.67. The van der Waals surface area contributed by atoms with E-state index in [9.17, 15) is 14.4 Å². The van der Waals surface area contributed by atoms with E-state index in [0.717, 1.165) is 15.9 Å². The van der Waals surface area contributed by atoms with Gasteiger partial charge in [0.25, 0.3) is 5.56 Å². The van der Waals surface area contributed by atoms with Gasteiger partial charge in [0.05, 0.1) is 17.7 Å². The monoisotopic (exact) mass is 418 g/mol. The number of hydrogen-bond donors (Lipinski definition) is 1. The van der Waals surface area contributed by atoms with Crippen LogP contribution >= 0.6 is 0 Å². The molecular weight excluding hydrogens is 396 g/mol. The zero-order chi connectivity index (χ0) is 22.1. The smallest absolute Gasteiger partial charge is 0.332 e. The fraction of sp³-hybridized carbons (Fsp3) is 0.182. The quantitative estimate of drug-likeness (QED) is 0.534. The summed E-state index contributed by atoms with van der Waals surface area (Å²) < 4.78 is 3.74. The van der Waals surface area contributed by atoms with Crippen molar-refractivity contribution in [1.29, 1.82) is 0 Å². The van der Waals surface area contributed by atoms with Gasteiger partial charge in [0.15, 0.2) is 11.2 Å². The number of carbonyl (C=O) groups excluding carboxylic acids is 1. The lowest BCUT2D eigenvalue weighted by molar-refractivity contribution is -0.116. The molecule has 0 saturated carbocycles. The molecule has 9 heteroatoms. The van der Waals surface area contributed by atoms with Crippen LogP contribution in [0.4, 0.5) is 17.1 Å². The molecule has 2 aromatic carbocycles. The number of nitrogens with zero attached hydrogens (tertiary/aromatic N) is 5. The third kappa shape index (κ3) is 3.61. The van der Waals surface area contributed by atoms with Crippen LogP contribution in [0.25, 0.3) is 11.2 Å². The van der Waals surface area contributed by atoms with Gasteiger partial charge in [-0.1, -0.05) is 30.3 Å². The Balaban J connectivity index is 1.63. The predicted octanol–water partition coefficient (Wildman–Crippen LogP) is 1.84. The molecule has 0 aliphatic carbocycles. The van der Waals surface area contributed by atoms with Gasteiger partial charge in [-0.25, -0.2) is 9.78 Å². The van der Waals surface area contributed by atoms with Crippen LogP contribution < -0.4 is 21.5 Å². The van der Waals surface area contributed by atoms with Crippen molar-refractivity contribution in [2.24, 2.45) is 14.1 Å². The maximum atomic E-state index is 12.8. The Bertz CT molecular complexity index is 1380. The van der Waals surface area contributed by atoms with Gasteiger partial charge >= 0.3 is 5.69 Å². The predicted molar refractivity (Wildman–Crippen MR) is 120 cm³/mol. The number of nitrogens with one attached hydrogen (secondary N) is 1. The van der Waals surface area contributed by atoms with Gasteiger partial charge in [-0.15, -0.1) is 0 Å². The molecule has 1 N–H and O–H groups in total. The molecule has 0 bridgehead atoms. The fourth-order valence-electron chi connectivity index (χ4n) is 3.52. The molecule has 1 amide bonds. The second-order valence-corrected chi connectivity index (χ2v) is 7.21. The topological polar surface area (TPSA) is 94.2 Å². The number of aromatic nitrogens is 4. The van der Waals surface area contributed by atoms with Crippen LogP contribution in [0.1, 0.15) is 0 Å². The van der Waals surface area contributed by atoms with Gasteiger partial charge < -0.3 is 14.8 Å². The van der Waals surface area contributed by atoms with E-state index < -0.39 is 11.2 Å². The number of amides is 1. The van der Waals surface area contributed by atoms with Gasteiger partial charge in [-0.2, -0.15) is 0 Å². The highest BCUT2D eigenvalue weighted by Gasteiger charge is 2.17. The highest BCUT2D eigenvalue weighted by atomic mass is 16.2. The maximum absolute atomic E-state index is 12.8. The van der Waals surface area contributed by atoms with Crippen LogP contribution in [0.2, 0.25) is 0 Å². The van der Waals surface area contributed by atoms with Crippen LogP contribution in [0.5, 0.6) is 0 Å². The van der Waals surface area contributed by atoms with Crippen LogP contribution in [0, 0.1) is 0 Å². The molecule has 0 atom stereocenters. The standard InChI is InChI=1S/C22H22N6O3/c1-25(15-9-5-4-6-10-15)17-12-8-7-11-16(17)24-18(29)13-28-14-23-20-19(28)21(30)27(3)22(31)26(20)2/h4-12,14H,13H2,1-3H3,(H,24,29). The summed E-state index contributed by atoms with van der Waals surface area (Å²) in [6, 6.07) is 17.3. The van der Waals surface area contributed by atoms with E-state index in [1.807, 2.05) is 66.5 Å². The molecule has 0 aliphatic rings. The summed E-state index contributed by atoms with van der Waals surface area (Å²) in [5, 5.41) is 2.92. The second kappa shape index (κ2) is 7.94. The zero-order valence-electron chi connectivity index (χ0n) is 17.4. The Morgan fingerprint density at radius 1 is 1.00 bits per heavy atom. The lowest BCUT2D eigenvalue weighted by Crippen LogP contribution is -2.37. The Kier molecular flexibility index (Phi) is 5.16. The average Bonchev–Trinajstić information content (AvgIpc) is 3.20. The number of hydrogen-bond acceptors (Lipinski definition) is 5. The summed E-state index contributed by atoms with van der Waals surface area (Å²) in [4.78, 5) is 43.6. The van der Waals surface area contributed by atoms with E-state index >= 15 is 0 Å². The van der Waals surface area contributed by atoms with Crippen molar-refractivity contribution in [3.63, 3.8) is 0 Å². The third-order valence-electron chi connectivity index (χ3n) is 5.21. The molecule has 9 nitrogen and oxygen atoms in total. The first kappa shape index (κ1) is 20.1. The Labute approximate surface area is 177 Å². The molecule has 158 valence electrons. The summed E-state index contributed by atoms with van der Waals surface area (Å²) >= 11 is 0. The summed E-state index contributed by atoms with van der Waals surface area (Å²) in [6.07, 6.45) is 1.40. The van der Waals surface area contributed by atoms with E-state index in [2.05, 4.69) is 10.3 Å². The molecule has 2 aromatic heterocycles. The van der Waals surface area contributed by atoms with Crippen molar-refractivity contribution in [2.75, 3.05) is 17.3 Å². The van der Waals surface area contributed by atoms with E-state index in [1.54, 1.807) is 0 Å². The summed E-state index contributed by atoms with van der Waals surface area (Å²) in [5.41, 5.74) is 1.94. The third-order valence-corrected chi connectivity index (χ3v) is 5.21. The highest BCUT2D eigenvalue weighted by molar-refractivity contribution is 5.95. The second-order valence-electron chi connectivity index (χ2n) is 7.21. The number of carbonyl (C=O) groups is 1. The lowest BCUT2D eigenvalue weighted by atomic mass is 10.2. The first-order valence-electron chi connectivity index (χ1n) is 9.67. The molecule has 0 radical (unpaired) electrons. The number of aryl methyl sites for hydroxylation is 1. The molecule has 0 aliphatic heterocycles. The van der Waals surface area contributed by atoms with Crippen LogP contribution in [-0.2, 0) is 25.4 Å². The van der Waals surface area contributed by atoms with Gasteiger partial charge in [-0.3, -0.25) is 18.7 Å². The number of anilines is 3. The number of para-hydroxylation sites is 3. The van der Waals surface area contributed by atoms with E-state index in [0.29, 0.717) is 5.69 Å². The highest BCUT2D eigenvalue weighted by Crippen LogP contribution is 2.30. The maximum Gasteiger partial charge on any atom is 0.332 e. The molecule has 0 spiro atoms. The van der Waals surface area contributed by atoms with Crippen molar-refractivity contribution in [2.45, 2.75) is 6.54 Å². The summed E-state index contributed by atoms with van der Waals surface area (Å²) in [7, 11) is 4.86. The van der Waals surface area contributed by atoms with E-state index in [1.165, 1.54) is 29.6 Å². The normalized spacial score (nSPS) is 10.9. The Morgan fingerprint density at radius 2 is 1.68 bits per heavy atom. The van der Waals surface area contributed by atoms with Crippen molar-refractivity contribution in [1.82, 2.24) is 18.7 Å². The molecule has 31 heavy (non-hydrogen) atoms. The Morgan fingerprint density at radius 3 is 2.42 bits per heavy atom. The number of rotatable bonds is 5. The van der Waals surface area contributed by atoms with Crippen molar-refractivity contribution in [3.05, 3.63) is 81.8 Å². The summed E-state index contributed by atoms with van der Waals surface area (Å²) in [5.74, 6) is -0.316. The number of fused-ring (bicyclic) bond motifs is 1. The largest absolute Gasteiger partial charge is 0.343 e. The van der Waals surface area contributed by atoms with Crippen molar-refractivity contribution >= 4 is 34.1 Å². The molecule has 0 fully saturated rings. The van der Waals surface area contributed by atoms with Crippen LogP contribution in [-0.4, -0.2) is 31.6 Å². The van der Waals surface area contributed by atoms with Gasteiger partial charge in [0.1, 0.15) is 6.54 Å². The van der Waals surface area contributed by atoms with Gasteiger partial charge in [0.2, 0.25) is 5.91 Å². The van der Waals surface area contributed by atoms with E-state index in [-0.39, 0.29) is 23.6 Å². The SMILES string of the molecule is CN(c1ccccc1)c1ccccc1NC(=O)Cn1cnc2c1c(=O)n(C)c(=O)n2C. The van der Waals surface area contributed by atoms with Crippen LogP contribution in [0.3, 0.4) is 0 Å². The Hall–Kier alpha value is -4.14. The minimum atomic E-state index is -0.493. The molecule has 0 unspecified atom stereocenters.